The maximum atomic E-state index is 10.4. The normalized spacial score (nSPS) is 12.5. The van der Waals surface area contributed by atoms with Crippen molar-refractivity contribution in [2.45, 2.75) is 19.4 Å². The monoisotopic (exact) mass is 165 g/mol. The number of aliphatic hydroxyl groups excluding tert-OH is 1. The number of rotatable bonds is 3. The molecule has 3 heteroatoms. The average molecular weight is 165 g/mol. The van der Waals surface area contributed by atoms with Crippen molar-refractivity contribution < 1.29 is 9.90 Å². The minimum Gasteiger partial charge on any atom is -0.392 e. The molecule has 0 fully saturated rings. The molecule has 1 N–H and O–H groups in total. The highest BCUT2D eigenvalue weighted by atomic mass is 16.3. The highest BCUT2D eigenvalue weighted by Gasteiger charge is 2.04. The van der Waals surface area contributed by atoms with Gasteiger partial charge in [-0.25, -0.2) is 0 Å². The molecule has 0 aromatic carbocycles. The molecule has 12 heavy (non-hydrogen) atoms. The molecule has 1 atom stereocenters. The van der Waals surface area contributed by atoms with Gasteiger partial charge in [0.15, 0.2) is 0 Å². The molecule has 0 aliphatic heterocycles. The molecule has 0 saturated carbocycles. The smallest absolute Gasteiger partial charge is 0.128 e. The second-order valence-electron chi connectivity index (χ2n) is 2.67. The van der Waals surface area contributed by atoms with Crippen molar-refractivity contribution in [3.05, 3.63) is 29.6 Å². The number of nitrogens with zero attached hydrogens (tertiary/aromatic N) is 1. The highest BCUT2D eigenvalue weighted by molar-refractivity contribution is 5.60. The Bertz CT molecular complexity index is 273. The number of hydrogen-bond donors (Lipinski definition) is 1. The van der Waals surface area contributed by atoms with E-state index in [0.717, 1.165) is 11.8 Å². The van der Waals surface area contributed by atoms with Crippen LogP contribution in [0.5, 0.6) is 0 Å². The third-order valence-electron chi connectivity index (χ3n) is 1.70. The van der Waals surface area contributed by atoms with Crippen molar-refractivity contribution in [1.82, 2.24) is 4.98 Å². The molecule has 0 radical (unpaired) electrons. The fourth-order valence-electron chi connectivity index (χ4n) is 0.911. The Balaban J connectivity index is 2.93. The summed E-state index contributed by atoms with van der Waals surface area (Å²) >= 11 is 0. The fourth-order valence-corrected chi connectivity index (χ4v) is 0.911. The van der Waals surface area contributed by atoms with Gasteiger partial charge >= 0.3 is 0 Å². The van der Waals surface area contributed by atoms with Gasteiger partial charge < -0.3 is 9.90 Å². The molecule has 1 aromatic rings. The van der Waals surface area contributed by atoms with Gasteiger partial charge in [0.2, 0.25) is 0 Å². The van der Waals surface area contributed by atoms with Crippen LogP contribution in [-0.2, 0) is 11.4 Å². The maximum Gasteiger partial charge on any atom is 0.128 e. The van der Waals surface area contributed by atoms with Gasteiger partial charge in [0.25, 0.3) is 0 Å². The lowest BCUT2D eigenvalue weighted by atomic mass is 10.1. The van der Waals surface area contributed by atoms with Gasteiger partial charge in [0.05, 0.1) is 18.2 Å². The Morgan fingerprint density at radius 2 is 2.50 bits per heavy atom. The lowest BCUT2D eigenvalue weighted by Crippen LogP contribution is -1.98. The number of aldehydes is 1. The van der Waals surface area contributed by atoms with Crippen LogP contribution in [0.15, 0.2) is 18.3 Å². The van der Waals surface area contributed by atoms with Crippen molar-refractivity contribution in [1.29, 1.82) is 0 Å². The summed E-state index contributed by atoms with van der Waals surface area (Å²) in [5.41, 5.74) is 1.49. The lowest BCUT2D eigenvalue weighted by Gasteiger charge is -2.03. The molecule has 0 bridgehead atoms. The Kier molecular flexibility index (Phi) is 2.94. The Hall–Kier alpha value is -1.22. The van der Waals surface area contributed by atoms with E-state index in [0.29, 0.717) is 5.69 Å². The average Bonchev–Trinajstić information content (AvgIpc) is 2.17. The van der Waals surface area contributed by atoms with Crippen LogP contribution in [0.25, 0.3) is 0 Å². The summed E-state index contributed by atoms with van der Waals surface area (Å²) < 4.78 is 0. The van der Waals surface area contributed by atoms with Crippen molar-refractivity contribution in [3.8, 4) is 0 Å². The Morgan fingerprint density at radius 3 is 3.08 bits per heavy atom. The van der Waals surface area contributed by atoms with Crippen LogP contribution in [0.2, 0.25) is 0 Å². The summed E-state index contributed by atoms with van der Waals surface area (Å²) in [5.74, 6) is -0.198. The number of aliphatic hydroxyl groups is 1. The van der Waals surface area contributed by atoms with Crippen LogP contribution in [-0.4, -0.2) is 16.4 Å². The summed E-state index contributed by atoms with van der Waals surface area (Å²) in [6, 6.07) is 3.46. The number of carbonyl (C=O) groups excluding carboxylic acids is 1. The molecule has 0 spiro atoms. The minimum absolute atomic E-state index is 0.0128. The van der Waals surface area contributed by atoms with Crippen molar-refractivity contribution >= 4 is 6.29 Å². The van der Waals surface area contributed by atoms with Crippen molar-refractivity contribution in [3.63, 3.8) is 0 Å². The van der Waals surface area contributed by atoms with Crippen LogP contribution in [0.4, 0.5) is 0 Å². The minimum atomic E-state index is -0.198. The summed E-state index contributed by atoms with van der Waals surface area (Å²) in [6.07, 6.45) is 2.43. The first kappa shape index (κ1) is 8.87. The van der Waals surface area contributed by atoms with E-state index in [2.05, 4.69) is 4.98 Å². The lowest BCUT2D eigenvalue weighted by molar-refractivity contribution is -0.108. The first-order valence-corrected chi connectivity index (χ1v) is 3.79. The standard InChI is InChI=1S/C9H11NO2/c1-7(5-11)9-4-8(6-12)2-3-10-9/h2-5,7,12H,6H2,1H3. The number of aromatic nitrogens is 1. The van der Waals surface area contributed by atoms with E-state index in [9.17, 15) is 4.79 Å². The van der Waals surface area contributed by atoms with Crippen LogP contribution < -0.4 is 0 Å². The van der Waals surface area contributed by atoms with Crippen LogP contribution >= 0.6 is 0 Å². The van der Waals surface area contributed by atoms with Gasteiger partial charge in [-0.1, -0.05) is 6.92 Å². The SMILES string of the molecule is CC(C=O)c1cc(CO)ccn1. The third kappa shape index (κ3) is 1.89. The number of carbonyl (C=O) groups is 1. The first-order valence-electron chi connectivity index (χ1n) is 3.79. The highest BCUT2D eigenvalue weighted by Crippen LogP contribution is 2.10. The largest absolute Gasteiger partial charge is 0.392 e. The molecule has 1 unspecified atom stereocenters. The molecule has 3 nitrogen and oxygen atoms in total. The molecule has 0 saturated heterocycles. The summed E-state index contributed by atoms with van der Waals surface area (Å²) in [4.78, 5) is 14.4. The van der Waals surface area contributed by atoms with Crippen LogP contribution in [0.1, 0.15) is 24.1 Å². The predicted octanol–water partition coefficient (Wildman–Crippen LogP) is 0.876. The zero-order valence-electron chi connectivity index (χ0n) is 6.90. The van der Waals surface area contributed by atoms with Crippen LogP contribution in [0.3, 0.4) is 0 Å². The Morgan fingerprint density at radius 1 is 1.75 bits per heavy atom. The maximum absolute atomic E-state index is 10.4. The van der Waals surface area contributed by atoms with E-state index in [1.807, 2.05) is 0 Å². The van der Waals surface area contributed by atoms with E-state index in [-0.39, 0.29) is 12.5 Å². The third-order valence-corrected chi connectivity index (χ3v) is 1.70. The molecular formula is C9H11NO2. The van der Waals surface area contributed by atoms with Gasteiger partial charge in [0, 0.05) is 6.20 Å². The molecule has 0 aliphatic rings. The van der Waals surface area contributed by atoms with Gasteiger partial charge in [-0.3, -0.25) is 4.98 Å². The molecule has 0 amide bonds. The van der Waals surface area contributed by atoms with Crippen LogP contribution in [0, 0.1) is 0 Å². The zero-order chi connectivity index (χ0) is 8.97. The van der Waals surface area contributed by atoms with Gasteiger partial charge in [-0.15, -0.1) is 0 Å². The molecule has 1 aromatic heterocycles. The molecule has 0 aliphatic carbocycles. The second kappa shape index (κ2) is 3.97. The van der Waals surface area contributed by atoms with E-state index >= 15 is 0 Å². The summed E-state index contributed by atoms with van der Waals surface area (Å²) in [5, 5.41) is 8.80. The van der Waals surface area contributed by atoms with E-state index in [1.54, 1.807) is 25.3 Å². The zero-order valence-corrected chi connectivity index (χ0v) is 6.90. The second-order valence-corrected chi connectivity index (χ2v) is 2.67. The van der Waals surface area contributed by atoms with E-state index in [1.165, 1.54) is 0 Å². The fraction of sp³-hybridized carbons (Fsp3) is 0.333. The quantitative estimate of drug-likeness (QED) is 0.676. The summed E-state index contributed by atoms with van der Waals surface area (Å²) in [7, 11) is 0. The van der Waals surface area contributed by atoms with Gasteiger partial charge in [0.1, 0.15) is 6.29 Å². The predicted molar refractivity (Wildman–Crippen MR) is 44.6 cm³/mol. The first-order chi connectivity index (χ1) is 5.77. The van der Waals surface area contributed by atoms with Gasteiger partial charge in [-0.05, 0) is 17.7 Å². The molecule has 1 heterocycles. The number of pyridine rings is 1. The van der Waals surface area contributed by atoms with Crippen molar-refractivity contribution in [2.75, 3.05) is 0 Å². The Labute approximate surface area is 71.1 Å². The van der Waals surface area contributed by atoms with E-state index < -0.39 is 0 Å². The molecule has 1 rings (SSSR count). The topological polar surface area (TPSA) is 50.2 Å². The van der Waals surface area contributed by atoms with Gasteiger partial charge in [-0.2, -0.15) is 0 Å². The van der Waals surface area contributed by atoms with E-state index in [4.69, 9.17) is 5.11 Å². The molecular weight excluding hydrogens is 154 g/mol. The summed E-state index contributed by atoms with van der Waals surface area (Å²) in [6.45, 7) is 1.76. The molecule has 64 valence electrons. The number of hydrogen-bond acceptors (Lipinski definition) is 3. The van der Waals surface area contributed by atoms with Crippen molar-refractivity contribution in [2.24, 2.45) is 0 Å².